The van der Waals surface area contributed by atoms with Gasteiger partial charge in [-0.3, -0.25) is 0 Å². The molecule has 0 saturated carbocycles. The molecule has 4 nitrogen and oxygen atoms in total. The molecule has 0 atom stereocenters. The van der Waals surface area contributed by atoms with E-state index in [1.807, 2.05) is 23.9 Å². The van der Waals surface area contributed by atoms with Crippen LogP contribution in [0.3, 0.4) is 0 Å². The highest BCUT2D eigenvalue weighted by atomic mass is 79.9. The van der Waals surface area contributed by atoms with Gasteiger partial charge in [-0.15, -0.1) is 0 Å². The summed E-state index contributed by atoms with van der Waals surface area (Å²) in [6, 6.07) is 4.07. The molecule has 0 radical (unpaired) electrons. The first-order chi connectivity index (χ1) is 9.06. The van der Waals surface area contributed by atoms with Crippen molar-refractivity contribution in [1.29, 1.82) is 0 Å². The Morgan fingerprint density at radius 3 is 2.84 bits per heavy atom. The molecule has 0 bridgehead atoms. The summed E-state index contributed by atoms with van der Waals surface area (Å²) in [6.07, 6.45) is 3.75. The zero-order chi connectivity index (χ0) is 13.8. The molecule has 0 aliphatic rings. The minimum Gasteiger partial charge on any atom is -0.312 e. The van der Waals surface area contributed by atoms with Crippen LogP contribution in [-0.4, -0.2) is 21.3 Å². The maximum Gasteiger partial charge on any atom is 0.157 e. The van der Waals surface area contributed by atoms with Gasteiger partial charge in [-0.1, -0.05) is 13.8 Å². The van der Waals surface area contributed by atoms with E-state index in [4.69, 9.17) is 0 Å². The summed E-state index contributed by atoms with van der Waals surface area (Å²) in [4.78, 5) is 4.47. The van der Waals surface area contributed by atoms with E-state index in [0.29, 0.717) is 5.92 Å². The van der Waals surface area contributed by atoms with Gasteiger partial charge < -0.3 is 5.32 Å². The maximum absolute atomic E-state index is 4.47. The lowest BCUT2D eigenvalue weighted by molar-refractivity contribution is 0.550. The van der Waals surface area contributed by atoms with Gasteiger partial charge in [-0.25, -0.2) is 9.67 Å². The maximum atomic E-state index is 4.47. The highest BCUT2D eigenvalue weighted by Gasteiger charge is 2.08. The van der Waals surface area contributed by atoms with Crippen molar-refractivity contribution >= 4 is 15.9 Å². The average molecular weight is 323 g/mol. The zero-order valence-corrected chi connectivity index (χ0v) is 13.1. The number of rotatable bonds is 5. The van der Waals surface area contributed by atoms with Crippen LogP contribution in [-0.2, 0) is 6.54 Å². The Balaban J connectivity index is 2.23. The third-order valence-electron chi connectivity index (χ3n) is 2.72. The summed E-state index contributed by atoms with van der Waals surface area (Å²) < 4.78 is 2.82. The van der Waals surface area contributed by atoms with Crippen molar-refractivity contribution in [2.75, 3.05) is 6.54 Å². The van der Waals surface area contributed by atoms with E-state index in [1.54, 1.807) is 6.20 Å². The molecule has 2 heterocycles. The number of nitrogens with zero attached hydrogens (tertiary/aromatic N) is 3. The van der Waals surface area contributed by atoms with Gasteiger partial charge in [0.25, 0.3) is 0 Å². The van der Waals surface area contributed by atoms with Crippen LogP contribution < -0.4 is 5.32 Å². The molecule has 0 aliphatic carbocycles. The molecule has 2 aromatic heterocycles. The Labute approximate surface area is 122 Å². The molecular weight excluding hydrogens is 304 g/mol. The Morgan fingerprint density at radius 2 is 2.21 bits per heavy atom. The Morgan fingerprint density at radius 1 is 1.42 bits per heavy atom. The highest BCUT2D eigenvalue weighted by Crippen LogP contribution is 2.17. The van der Waals surface area contributed by atoms with E-state index in [2.05, 4.69) is 51.2 Å². The number of hydrogen-bond acceptors (Lipinski definition) is 3. The normalized spacial score (nSPS) is 11.2. The van der Waals surface area contributed by atoms with Gasteiger partial charge in [-0.2, -0.15) is 5.10 Å². The quantitative estimate of drug-likeness (QED) is 0.919. The molecule has 102 valence electrons. The van der Waals surface area contributed by atoms with E-state index in [0.717, 1.165) is 34.6 Å². The zero-order valence-electron chi connectivity index (χ0n) is 11.5. The average Bonchev–Trinajstić information content (AvgIpc) is 2.75. The van der Waals surface area contributed by atoms with Crippen molar-refractivity contribution < 1.29 is 0 Å². The second-order valence-corrected chi connectivity index (χ2v) is 5.98. The number of aromatic nitrogens is 3. The fourth-order valence-corrected chi connectivity index (χ4v) is 2.22. The van der Waals surface area contributed by atoms with Crippen molar-refractivity contribution in [1.82, 2.24) is 20.1 Å². The van der Waals surface area contributed by atoms with Crippen molar-refractivity contribution in [3.05, 3.63) is 40.3 Å². The van der Waals surface area contributed by atoms with Gasteiger partial charge in [0, 0.05) is 29.0 Å². The Hall–Kier alpha value is -1.20. The van der Waals surface area contributed by atoms with Crippen molar-refractivity contribution in [2.45, 2.75) is 27.3 Å². The molecule has 0 aliphatic heterocycles. The second-order valence-electron chi connectivity index (χ2n) is 5.06. The molecule has 2 aromatic rings. The summed E-state index contributed by atoms with van der Waals surface area (Å²) >= 11 is 3.47. The highest BCUT2D eigenvalue weighted by molar-refractivity contribution is 9.10. The lowest BCUT2D eigenvalue weighted by atomic mass is 10.2. The van der Waals surface area contributed by atoms with Crippen LogP contribution in [0, 0.1) is 12.8 Å². The largest absolute Gasteiger partial charge is 0.312 e. The molecule has 5 heteroatoms. The third-order valence-corrected chi connectivity index (χ3v) is 3.15. The number of hydrogen-bond donors (Lipinski definition) is 1. The third kappa shape index (κ3) is 3.88. The van der Waals surface area contributed by atoms with Crippen molar-refractivity contribution in [3.8, 4) is 5.82 Å². The van der Waals surface area contributed by atoms with Crippen molar-refractivity contribution in [2.24, 2.45) is 5.92 Å². The standard InChI is InChI=1S/C14H19BrN4/c1-10(2)7-16-8-12-6-13(15)9-17-14(12)19-5-4-11(3)18-19/h4-6,9-10,16H,7-8H2,1-3H3. The molecule has 19 heavy (non-hydrogen) atoms. The summed E-state index contributed by atoms with van der Waals surface area (Å²) in [5, 5.41) is 7.87. The molecule has 0 amide bonds. The van der Waals surface area contributed by atoms with Crippen molar-refractivity contribution in [3.63, 3.8) is 0 Å². The molecular formula is C14H19BrN4. The Bertz CT molecular complexity index is 548. The smallest absolute Gasteiger partial charge is 0.157 e. The van der Waals surface area contributed by atoms with Gasteiger partial charge in [0.2, 0.25) is 0 Å². The summed E-state index contributed by atoms with van der Waals surface area (Å²) in [7, 11) is 0. The molecule has 1 N–H and O–H groups in total. The van der Waals surface area contributed by atoms with E-state index < -0.39 is 0 Å². The predicted octanol–water partition coefficient (Wildman–Crippen LogP) is 3.08. The molecule has 0 saturated heterocycles. The monoisotopic (exact) mass is 322 g/mol. The van der Waals surface area contributed by atoms with Crippen LogP contribution in [0.25, 0.3) is 5.82 Å². The van der Waals surface area contributed by atoms with Crippen LogP contribution in [0.5, 0.6) is 0 Å². The molecule has 2 rings (SSSR count). The minimum atomic E-state index is 0.635. The van der Waals surface area contributed by atoms with E-state index in [1.165, 1.54) is 0 Å². The summed E-state index contributed by atoms with van der Waals surface area (Å²) in [6.45, 7) is 8.16. The first kappa shape index (κ1) is 14.2. The first-order valence-electron chi connectivity index (χ1n) is 6.44. The molecule has 0 fully saturated rings. The fraction of sp³-hybridized carbons (Fsp3) is 0.429. The first-order valence-corrected chi connectivity index (χ1v) is 7.23. The minimum absolute atomic E-state index is 0.635. The van der Waals surface area contributed by atoms with E-state index in [9.17, 15) is 0 Å². The topological polar surface area (TPSA) is 42.7 Å². The van der Waals surface area contributed by atoms with Crippen LogP contribution >= 0.6 is 15.9 Å². The number of aryl methyl sites for hydroxylation is 1. The van der Waals surface area contributed by atoms with E-state index in [-0.39, 0.29) is 0 Å². The summed E-state index contributed by atoms with van der Waals surface area (Å²) in [5.41, 5.74) is 2.13. The van der Waals surface area contributed by atoms with Crippen LogP contribution in [0.2, 0.25) is 0 Å². The van der Waals surface area contributed by atoms with E-state index >= 15 is 0 Å². The SMILES string of the molecule is Cc1ccn(-c2ncc(Br)cc2CNCC(C)C)n1. The molecule has 0 unspecified atom stereocenters. The number of nitrogens with one attached hydrogen (secondary N) is 1. The van der Waals surface area contributed by atoms with Crippen LogP contribution in [0.1, 0.15) is 25.1 Å². The fourth-order valence-electron chi connectivity index (χ4n) is 1.84. The predicted molar refractivity (Wildman–Crippen MR) is 80.3 cm³/mol. The van der Waals surface area contributed by atoms with Gasteiger partial charge in [0.1, 0.15) is 0 Å². The molecule has 0 spiro atoms. The summed E-state index contributed by atoms with van der Waals surface area (Å²) in [5.74, 6) is 1.52. The lowest BCUT2D eigenvalue weighted by Gasteiger charge is -2.11. The second kappa shape index (κ2) is 6.30. The van der Waals surface area contributed by atoms with Gasteiger partial charge in [0.05, 0.1) is 5.69 Å². The number of pyridine rings is 1. The lowest BCUT2D eigenvalue weighted by Crippen LogP contribution is -2.20. The van der Waals surface area contributed by atoms with Crippen LogP contribution in [0.4, 0.5) is 0 Å². The van der Waals surface area contributed by atoms with Gasteiger partial charge >= 0.3 is 0 Å². The number of halogens is 1. The van der Waals surface area contributed by atoms with Gasteiger partial charge in [-0.05, 0) is 47.4 Å². The van der Waals surface area contributed by atoms with Crippen LogP contribution in [0.15, 0.2) is 29.0 Å². The molecule has 0 aromatic carbocycles. The Kier molecular flexibility index (Phi) is 4.71. The van der Waals surface area contributed by atoms with Gasteiger partial charge in [0.15, 0.2) is 5.82 Å².